The quantitative estimate of drug-likeness (QED) is 0.885. The first-order chi connectivity index (χ1) is 10.9. The number of aromatic nitrogens is 1. The monoisotopic (exact) mass is 316 g/mol. The molecule has 0 bridgehead atoms. The molecule has 0 aliphatic carbocycles. The number of methoxy groups -OCH3 is 1. The summed E-state index contributed by atoms with van der Waals surface area (Å²) in [7, 11) is 5.39. The standard InChI is InChI=1S/C17H20N2O4/c1-5-10-8-13(17(21)22)16(20)18-15(10)12-7-6-11(23-4)9-14(12)19(2)3/h6-9H,5H2,1-4H3,(H,18,20)(H,21,22). The first-order valence-corrected chi connectivity index (χ1v) is 7.24. The molecule has 0 fully saturated rings. The Labute approximate surface area is 134 Å². The Bertz CT molecular complexity index is 794. The van der Waals surface area contributed by atoms with Gasteiger partial charge >= 0.3 is 5.97 Å². The number of rotatable bonds is 5. The van der Waals surface area contributed by atoms with Gasteiger partial charge in [-0.2, -0.15) is 0 Å². The molecule has 23 heavy (non-hydrogen) atoms. The Morgan fingerprint density at radius 2 is 2.00 bits per heavy atom. The van der Waals surface area contributed by atoms with Crippen LogP contribution in [-0.4, -0.2) is 37.3 Å². The third kappa shape index (κ3) is 3.21. The van der Waals surface area contributed by atoms with E-state index < -0.39 is 11.5 Å². The molecule has 0 aliphatic rings. The van der Waals surface area contributed by atoms with Crippen LogP contribution in [0.2, 0.25) is 0 Å². The number of nitrogens with one attached hydrogen (secondary N) is 1. The predicted molar refractivity (Wildman–Crippen MR) is 89.7 cm³/mol. The van der Waals surface area contributed by atoms with Gasteiger partial charge in [0.25, 0.3) is 5.56 Å². The van der Waals surface area contributed by atoms with Gasteiger partial charge in [-0.15, -0.1) is 0 Å². The normalized spacial score (nSPS) is 10.4. The number of anilines is 1. The van der Waals surface area contributed by atoms with Gasteiger partial charge in [0.1, 0.15) is 11.3 Å². The van der Waals surface area contributed by atoms with E-state index in [1.807, 2.05) is 44.1 Å². The molecule has 0 saturated heterocycles. The van der Waals surface area contributed by atoms with Crippen LogP contribution < -0.4 is 15.2 Å². The summed E-state index contributed by atoms with van der Waals surface area (Å²) in [6.07, 6.45) is 0.602. The highest BCUT2D eigenvalue weighted by Gasteiger charge is 2.17. The molecule has 1 aromatic heterocycles. The van der Waals surface area contributed by atoms with Gasteiger partial charge in [0, 0.05) is 31.4 Å². The van der Waals surface area contributed by atoms with E-state index in [2.05, 4.69) is 4.98 Å². The summed E-state index contributed by atoms with van der Waals surface area (Å²) in [6.45, 7) is 1.92. The fourth-order valence-corrected chi connectivity index (χ4v) is 2.47. The first-order valence-electron chi connectivity index (χ1n) is 7.24. The number of aromatic carboxylic acids is 1. The SMILES string of the molecule is CCc1cc(C(=O)O)c(=O)[nH]c1-c1ccc(OC)cc1N(C)C. The van der Waals surface area contributed by atoms with Crippen molar-refractivity contribution in [2.24, 2.45) is 0 Å². The Balaban J connectivity index is 2.73. The van der Waals surface area contributed by atoms with E-state index in [0.29, 0.717) is 17.9 Å². The lowest BCUT2D eigenvalue weighted by atomic mass is 10.00. The Kier molecular flexibility index (Phi) is 4.74. The lowest BCUT2D eigenvalue weighted by Crippen LogP contribution is -2.20. The maximum atomic E-state index is 12.1. The van der Waals surface area contributed by atoms with E-state index in [4.69, 9.17) is 9.84 Å². The molecule has 2 rings (SSSR count). The minimum absolute atomic E-state index is 0.245. The highest BCUT2D eigenvalue weighted by Crippen LogP contribution is 2.33. The largest absolute Gasteiger partial charge is 0.497 e. The van der Waals surface area contributed by atoms with Crippen molar-refractivity contribution in [1.82, 2.24) is 4.98 Å². The summed E-state index contributed by atoms with van der Waals surface area (Å²) in [5, 5.41) is 9.11. The number of hydrogen-bond donors (Lipinski definition) is 2. The van der Waals surface area contributed by atoms with Crippen molar-refractivity contribution in [3.8, 4) is 17.0 Å². The number of H-pyrrole nitrogens is 1. The molecule has 2 N–H and O–H groups in total. The zero-order valence-corrected chi connectivity index (χ0v) is 13.6. The summed E-state index contributed by atoms with van der Waals surface area (Å²) in [6, 6.07) is 6.99. The van der Waals surface area contributed by atoms with Gasteiger partial charge in [0.15, 0.2) is 0 Å². The van der Waals surface area contributed by atoms with Gasteiger partial charge in [-0.05, 0) is 30.2 Å². The second kappa shape index (κ2) is 6.56. The molecule has 122 valence electrons. The summed E-state index contributed by atoms with van der Waals surface area (Å²) < 4.78 is 5.25. The second-order valence-corrected chi connectivity index (χ2v) is 5.35. The van der Waals surface area contributed by atoms with Crippen LogP contribution in [0.1, 0.15) is 22.8 Å². The summed E-state index contributed by atoms with van der Waals surface area (Å²) in [4.78, 5) is 27.8. The molecule has 0 spiro atoms. The molecular weight excluding hydrogens is 296 g/mol. The Morgan fingerprint density at radius 1 is 1.30 bits per heavy atom. The van der Waals surface area contributed by atoms with Crippen molar-refractivity contribution in [2.75, 3.05) is 26.1 Å². The van der Waals surface area contributed by atoms with Crippen LogP contribution in [0.5, 0.6) is 5.75 Å². The zero-order chi connectivity index (χ0) is 17.1. The average Bonchev–Trinajstić information content (AvgIpc) is 2.53. The third-order valence-electron chi connectivity index (χ3n) is 3.69. The third-order valence-corrected chi connectivity index (χ3v) is 3.69. The average molecular weight is 316 g/mol. The fourth-order valence-electron chi connectivity index (χ4n) is 2.47. The van der Waals surface area contributed by atoms with E-state index in [9.17, 15) is 9.59 Å². The number of ether oxygens (including phenoxy) is 1. The Hall–Kier alpha value is -2.76. The van der Waals surface area contributed by atoms with Crippen LogP contribution in [0.15, 0.2) is 29.1 Å². The fraction of sp³-hybridized carbons (Fsp3) is 0.294. The number of carboxylic acids is 1. The predicted octanol–water partition coefficient (Wildman–Crippen LogP) is 2.38. The molecule has 6 heteroatoms. The van der Waals surface area contributed by atoms with Gasteiger partial charge in [-0.3, -0.25) is 4.79 Å². The molecule has 0 saturated carbocycles. The molecule has 0 aliphatic heterocycles. The number of benzene rings is 1. The molecule has 0 unspecified atom stereocenters. The lowest BCUT2D eigenvalue weighted by molar-refractivity contribution is 0.0695. The highest BCUT2D eigenvalue weighted by atomic mass is 16.5. The lowest BCUT2D eigenvalue weighted by Gasteiger charge is -2.20. The van der Waals surface area contributed by atoms with E-state index in [1.54, 1.807) is 7.11 Å². The van der Waals surface area contributed by atoms with Crippen LogP contribution >= 0.6 is 0 Å². The van der Waals surface area contributed by atoms with Crippen molar-refractivity contribution in [2.45, 2.75) is 13.3 Å². The zero-order valence-electron chi connectivity index (χ0n) is 13.6. The molecule has 0 amide bonds. The van der Waals surface area contributed by atoms with Gasteiger partial charge in [0.05, 0.1) is 12.8 Å². The number of aromatic amines is 1. The maximum Gasteiger partial charge on any atom is 0.341 e. The maximum absolute atomic E-state index is 12.1. The molecule has 6 nitrogen and oxygen atoms in total. The second-order valence-electron chi connectivity index (χ2n) is 5.35. The van der Waals surface area contributed by atoms with E-state index >= 15 is 0 Å². The van der Waals surface area contributed by atoms with Crippen LogP contribution in [0, 0.1) is 0 Å². The van der Waals surface area contributed by atoms with E-state index in [0.717, 1.165) is 16.8 Å². The van der Waals surface area contributed by atoms with E-state index in [1.165, 1.54) is 6.07 Å². The van der Waals surface area contributed by atoms with Gasteiger partial charge in [-0.1, -0.05) is 6.92 Å². The van der Waals surface area contributed by atoms with Gasteiger partial charge in [-0.25, -0.2) is 4.79 Å². The summed E-state index contributed by atoms with van der Waals surface area (Å²) in [5.74, 6) is -0.518. The minimum atomic E-state index is -1.23. The number of pyridine rings is 1. The van der Waals surface area contributed by atoms with Crippen molar-refractivity contribution in [1.29, 1.82) is 0 Å². The van der Waals surface area contributed by atoms with Crippen LogP contribution in [0.25, 0.3) is 11.3 Å². The van der Waals surface area contributed by atoms with Crippen molar-refractivity contribution < 1.29 is 14.6 Å². The highest BCUT2D eigenvalue weighted by molar-refractivity contribution is 5.88. The topological polar surface area (TPSA) is 82.6 Å². The summed E-state index contributed by atoms with van der Waals surface area (Å²) >= 11 is 0. The number of aryl methyl sites for hydroxylation is 1. The molecule has 0 atom stereocenters. The molecule has 2 aromatic rings. The number of nitrogens with zero attached hydrogens (tertiary/aromatic N) is 1. The molecule has 0 radical (unpaired) electrons. The molecule has 1 heterocycles. The number of carbonyl (C=O) groups is 1. The van der Waals surface area contributed by atoms with Crippen molar-refractivity contribution in [3.63, 3.8) is 0 Å². The van der Waals surface area contributed by atoms with Gasteiger partial charge in [0.2, 0.25) is 0 Å². The first kappa shape index (κ1) is 16.6. The summed E-state index contributed by atoms with van der Waals surface area (Å²) in [5.41, 5.74) is 2.25. The van der Waals surface area contributed by atoms with Crippen LogP contribution in [0.3, 0.4) is 0 Å². The van der Waals surface area contributed by atoms with Crippen molar-refractivity contribution in [3.05, 3.63) is 45.7 Å². The number of hydrogen-bond acceptors (Lipinski definition) is 4. The van der Waals surface area contributed by atoms with Crippen molar-refractivity contribution >= 4 is 11.7 Å². The van der Waals surface area contributed by atoms with Crippen LogP contribution in [0.4, 0.5) is 5.69 Å². The number of carboxylic acid groups (broad SMARTS) is 1. The Morgan fingerprint density at radius 3 is 2.52 bits per heavy atom. The van der Waals surface area contributed by atoms with E-state index in [-0.39, 0.29) is 5.56 Å². The smallest absolute Gasteiger partial charge is 0.341 e. The van der Waals surface area contributed by atoms with Crippen LogP contribution in [-0.2, 0) is 6.42 Å². The van der Waals surface area contributed by atoms with Gasteiger partial charge < -0.3 is 19.7 Å². The minimum Gasteiger partial charge on any atom is -0.497 e. The molecule has 1 aromatic carbocycles. The molecular formula is C17H20N2O4.